The SMILES string of the molecule is CCC(C)(C)C(=O)Oc1c2ccccc2c(C(C)O)c2ccccc12. The van der Waals surface area contributed by atoms with E-state index in [0.717, 1.165) is 27.1 Å². The minimum atomic E-state index is -0.619. The Bertz CT molecular complexity index is 882. The van der Waals surface area contributed by atoms with Gasteiger partial charge in [-0.25, -0.2) is 0 Å². The average Bonchev–Trinajstić information content (AvgIpc) is 2.61. The molecule has 0 radical (unpaired) electrons. The van der Waals surface area contributed by atoms with Gasteiger partial charge >= 0.3 is 5.97 Å². The number of aliphatic hydroxyl groups excluding tert-OH is 1. The van der Waals surface area contributed by atoms with Crippen molar-refractivity contribution >= 4 is 27.5 Å². The van der Waals surface area contributed by atoms with Gasteiger partial charge in [-0.05, 0) is 43.5 Å². The van der Waals surface area contributed by atoms with E-state index in [0.29, 0.717) is 12.2 Å². The fourth-order valence-electron chi connectivity index (χ4n) is 3.06. The molecule has 0 aromatic heterocycles. The minimum Gasteiger partial charge on any atom is -0.425 e. The molecule has 130 valence electrons. The quantitative estimate of drug-likeness (QED) is 0.395. The second kappa shape index (κ2) is 6.49. The maximum atomic E-state index is 12.7. The van der Waals surface area contributed by atoms with Crippen LogP contribution in [0.25, 0.3) is 21.5 Å². The largest absolute Gasteiger partial charge is 0.425 e. The number of rotatable bonds is 4. The molecule has 0 fully saturated rings. The Hall–Kier alpha value is -2.39. The molecule has 0 aliphatic heterocycles. The number of hydrogen-bond acceptors (Lipinski definition) is 3. The van der Waals surface area contributed by atoms with Crippen molar-refractivity contribution in [3.8, 4) is 5.75 Å². The lowest BCUT2D eigenvalue weighted by atomic mass is 9.90. The van der Waals surface area contributed by atoms with Gasteiger partial charge in [0.1, 0.15) is 5.75 Å². The highest BCUT2D eigenvalue weighted by atomic mass is 16.5. The first kappa shape index (κ1) is 17.4. The second-order valence-corrected chi connectivity index (χ2v) is 7.14. The third-order valence-corrected chi connectivity index (χ3v) is 4.97. The van der Waals surface area contributed by atoms with Crippen molar-refractivity contribution in [2.45, 2.75) is 40.2 Å². The van der Waals surface area contributed by atoms with E-state index < -0.39 is 11.5 Å². The predicted molar refractivity (Wildman–Crippen MR) is 102 cm³/mol. The van der Waals surface area contributed by atoms with E-state index in [1.165, 1.54) is 0 Å². The van der Waals surface area contributed by atoms with Crippen molar-refractivity contribution in [1.29, 1.82) is 0 Å². The predicted octanol–water partition coefficient (Wildman–Crippen LogP) is 5.39. The first-order valence-corrected chi connectivity index (χ1v) is 8.70. The maximum absolute atomic E-state index is 12.7. The van der Waals surface area contributed by atoms with Crippen LogP contribution in [0.4, 0.5) is 0 Å². The van der Waals surface area contributed by atoms with Crippen LogP contribution in [0.15, 0.2) is 48.5 Å². The van der Waals surface area contributed by atoms with Crippen LogP contribution in [0.3, 0.4) is 0 Å². The highest BCUT2D eigenvalue weighted by molar-refractivity contribution is 6.09. The van der Waals surface area contributed by atoms with Crippen molar-refractivity contribution in [1.82, 2.24) is 0 Å². The number of carbonyl (C=O) groups excluding carboxylic acids is 1. The standard InChI is InChI=1S/C22H24O3/c1-5-22(3,4)21(24)25-20-17-12-8-6-10-15(17)19(14(2)23)16-11-7-9-13-18(16)20/h6-14,23H,5H2,1-4H3. The van der Waals surface area contributed by atoms with Crippen molar-refractivity contribution < 1.29 is 14.6 Å². The van der Waals surface area contributed by atoms with E-state index in [1.807, 2.05) is 69.3 Å². The molecule has 3 aromatic rings. The van der Waals surface area contributed by atoms with Crippen LogP contribution in [0.2, 0.25) is 0 Å². The molecular formula is C22H24O3. The van der Waals surface area contributed by atoms with E-state index in [1.54, 1.807) is 6.92 Å². The van der Waals surface area contributed by atoms with Crippen LogP contribution in [-0.2, 0) is 4.79 Å². The molecule has 0 bridgehead atoms. The topological polar surface area (TPSA) is 46.5 Å². The summed E-state index contributed by atoms with van der Waals surface area (Å²) in [4.78, 5) is 12.7. The summed E-state index contributed by atoms with van der Waals surface area (Å²) in [7, 11) is 0. The number of ether oxygens (including phenoxy) is 1. The minimum absolute atomic E-state index is 0.241. The smallest absolute Gasteiger partial charge is 0.316 e. The molecule has 1 N–H and O–H groups in total. The van der Waals surface area contributed by atoms with Crippen LogP contribution in [0.5, 0.6) is 5.75 Å². The number of fused-ring (bicyclic) bond motifs is 2. The van der Waals surface area contributed by atoms with Crippen LogP contribution in [0, 0.1) is 5.41 Å². The number of hydrogen-bond donors (Lipinski definition) is 1. The third-order valence-electron chi connectivity index (χ3n) is 4.97. The van der Waals surface area contributed by atoms with E-state index >= 15 is 0 Å². The van der Waals surface area contributed by atoms with Gasteiger partial charge in [-0.3, -0.25) is 4.79 Å². The molecule has 0 aliphatic rings. The summed E-state index contributed by atoms with van der Waals surface area (Å²) in [5.41, 5.74) is 0.311. The van der Waals surface area contributed by atoms with Gasteiger partial charge in [0.2, 0.25) is 0 Å². The van der Waals surface area contributed by atoms with Gasteiger partial charge in [0.15, 0.2) is 0 Å². The fourth-order valence-corrected chi connectivity index (χ4v) is 3.06. The van der Waals surface area contributed by atoms with Crippen LogP contribution >= 0.6 is 0 Å². The van der Waals surface area contributed by atoms with E-state index in [-0.39, 0.29) is 5.97 Å². The highest BCUT2D eigenvalue weighted by Gasteiger charge is 2.29. The summed E-state index contributed by atoms with van der Waals surface area (Å²) >= 11 is 0. The average molecular weight is 336 g/mol. The molecule has 3 aromatic carbocycles. The van der Waals surface area contributed by atoms with E-state index in [4.69, 9.17) is 4.74 Å². The zero-order chi connectivity index (χ0) is 18.2. The maximum Gasteiger partial charge on any atom is 0.316 e. The normalized spacial score (nSPS) is 13.2. The van der Waals surface area contributed by atoms with Crippen molar-refractivity contribution in [3.05, 3.63) is 54.1 Å². The summed E-state index contributed by atoms with van der Waals surface area (Å²) in [6, 6.07) is 15.5. The Labute approximate surface area is 148 Å². The Morgan fingerprint density at radius 2 is 1.44 bits per heavy atom. The number of carbonyl (C=O) groups is 1. The summed E-state index contributed by atoms with van der Waals surface area (Å²) in [6.07, 6.45) is 0.0830. The Morgan fingerprint density at radius 1 is 1.00 bits per heavy atom. The van der Waals surface area contributed by atoms with Gasteiger partial charge in [-0.2, -0.15) is 0 Å². The summed E-state index contributed by atoms with van der Waals surface area (Å²) in [6.45, 7) is 7.53. The lowest BCUT2D eigenvalue weighted by Gasteiger charge is -2.23. The lowest BCUT2D eigenvalue weighted by Crippen LogP contribution is -2.28. The molecule has 0 spiro atoms. The third kappa shape index (κ3) is 3.00. The molecule has 1 unspecified atom stereocenters. The number of esters is 1. The first-order valence-electron chi connectivity index (χ1n) is 8.70. The molecule has 0 saturated carbocycles. The van der Waals surface area contributed by atoms with Crippen molar-refractivity contribution in [2.24, 2.45) is 5.41 Å². The summed E-state index contributed by atoms with van der Waals surface area (Å²) < 4.78 is 5.91. The Balaban J connectivity index is 2.34. The zero-order valence-electron chi connectivity index (χ0n) is 15.2. The fraction of sp³-hybridized carbons (Fsp3) is 0.318. The molecule has 3 nitrogen and oxygen atoms in total. The molecule has 0 saturated heterocycles. The highest BCUT2D eigenvalue weighted by Crippen LogP contribution is 2.41. The Kier molecular flexibility index (Phi) is 4.53. The summed E-state index contributed by atoms with van der Waals surface area (Å²) in [5, 5.41) is 13.9. The van der Waals surface area contributed by atoms with E-state index in [9.17, 15) is 9.90 Å². The molecule has 0 amide bonds. The van der Waals surface area contributed by atoms with Gasteiger partial charge in [-0.15, -0.1) is 0 Å². The van der Waals surface area contributed by atoms with Crippen LogP contribution < -0.4 is 4.74 Å². The molecule has 3 heteroatoms. The molecule has 0 aliphatic carbocycles. The monoisotopic (exact) mass is 336 g/mol. The van der Waals surface area contributed by atoms with Gasteiger partial charge in [-0.1, -0.05) is 55.5 Å². The molecule has 3 rings (SSSR count). The second-order valence-electron chi connectivity index (χ2n) is 7.14. The zero-order valence-corrected chi connectivity index (χ0v) is 15.2. The number of benzene rings is 3. The lowest BCUT2D eigenvalue weighted by molar-refractivity contribution is -0.143. The molecule has 0 heterocycles. The van der Waals surface area contributed by atoms with Crippen molar-refractivity contribution in [3.63, 3.8) is 0 Å². The van der Waals surface area contributed by atoms with Crippen molar-refractivity contribution in [2.75, 3.05) is 0 Å². The van der Waals surface area contributed by atoms with Gasteiger partial charge in [0.05, 0.1) is 11.5 Å². The van der Waals surface area contributed by atoms with Crippen LogP contribution in [-0.4, -0.2) is 11.1 Å². The van der Waals surface area contributed by atoms with Crippen LogP contribution in [0.1, 0.15) is 45.8 Å². The van der Waals surface area contributed by atoms with E-state index in [2.05, 4.69) is 0 Å². The molecule has 25 heavy (non-hydrogen) atoms. The Morgan fingerprint density at radius 3 is 1.84 bits per heavy atom. The van der Waals surface area contributed by atoms with Gasteiger partial charge in [0.25, 0.3) is 0 Å². The summed E-state index contributed by atoms with van der Waals surface area (Å²) in [5.74, 6) is 0.331. The van der Waals surface area contributed by atoms with Gasteiger partial charge < -0.3 is 9.84 Å². The number of aliphatic hydroxyl groups is 1. The molecule has 1 atom stereocenters. The first-order chi connectivity index (χ1) is 11.9. The van der Waals surface area contributed by atoms with Gasteiger partial charge in [0, 0.05) is 10.8 Å². The molecular weight excluding hydrogens is 312 g/mol.